The van der Waals surface area contributed by atoms with Crippen LogP contribution in [-0.4, -0.2) is 13.2 Å². The molecule has 0 aliphatic carbocycles. The van der Waals surface area contributed by atoms with Crippen molar-refractivity contribution in [2.24, 2.45) is 0 Å². The molecular weight excluding hydrogens is 248 g/mol. The van der Waals surface area contributed by atoms with Gasteiger partial charge in [-0.05, 0) is 12.8 Å². The van der Waals surface area contributed by atoms with Gasteiger partial charge in [0.05, 0.1) is 0 Å². The first-order valence-corrected chi connectivity index (χ1v) is 8.65. The molecule has 0 heterocycles. The van der Waals surface area contributed by atoms with Crippen LogP contribution in [0.2, 0.25) is 0 Å². The van der Waals surface area contributed by atoms with Crippen LogP contribution in [0.25, 0.3) is 0 Å². The molecular formula is C18H34O2. The lowest BCUT2D eigenvalue weighted by molar-refractivity contribution is 0.238. The summed E-state index contributed by atoms with van der Waals surface area (Å²) in [4.78, 5) is 0. The molecule has 0 aromatic rings. The van der Waals surface area contributed by atoms with Crippen molar-refractivity contribution in [1.82, 2.24) is 0 Å². The second-order valence-electron chi connectivity index (χ2n) is 5.44. The molecule has 0 bridgehead atoms. The lowest BCUT2D eigenvalue weighted by Crippen LogP contribution is -1.91. The fourth-order valence-corrected chi connectivity index (χ4v) is 2.07. The molecule has 0 unspecified atom stereocenters. The molecule has 2 nitrogen and oxygen atoms in total. The molecule has 0 rings (SSSR count). The highest BCUT2D eigenvalue weighted by atomic mass is 16.5. The number of rotatable bonds is 14. The molecule has 20 heavy (non-hydrogen) atoms. The Hall–Kier alpha value is -0.840. The van der Waals surface area contributed by atoms with Gasteiger partial charge in [0.15, 0.2) is 12.2 Å². The Bertz CT molecular complexity index is 205. The SMILES string of the molecule is CCCCCCCCOC#COCCCCCCCC. The number of hydrogen-bond donors (Lipinski definition) is 0. The van der Waals surface area contributed by atoms with E-state index in [1.54, 1.807) is 0 Å². The van der Waals surface area contributed by atoms with Gasteiger partial charge in [0.2, 0.25) is 0 Å². The average molecular weight is 282 g/mol. The molecule has 0 saturated carbocycles. The zero-order chi connectivity index (χ0) is 14.7. The van der Waals surface area contributed by atoms with Gasteiger partial charge in [-0.25, -0.2) is 0 Å². The van der Waals surface area contributed by atoms with Crippen molar-refractivity contribution in [3.8, 4) is 12.2 Å². The van der Waals surface area contributed by atoms with Crippen molar-refractivity contribution in [2.45, 2.75) is 90.9 Å². The predicted molar refractivity (Wildman–Crippen MR) is 86.4 cm³/mol. The minimum Gasteiger partial charge on any atom is -0.444 e. The Kier molecular flexibility index (Phi) is 17.4. The van der Waals surface area contributed by atoms with Crippen molar-refractivity contribution in [1.29, 1.82) is 0 Å². The minimum atomic E-state index is 0.736. The number of unbranched alkanes of at least 4 members (excludes halogenated alkanes) is 10. The normalized spacial score (nSPS) is 9.90. The quantitative estimate of drug-likeness (QED) is 0.302. The molecule has 2 heteroatoms. The largest absolute Gasteiger partial charge is 0.444 e. The minimum absolute atomic E-state index is 0.736. The first-order chi connectivity index (χ1) is 9.91. The molecule has 0 aliphatic heterocycles. The Morgan fingerprint density at radius 2 is 0.850 bits per heavy atom. The van der Waals surface area contributed by atoms with E-state index in [1.165, 1.54) is 64.2 Å². The molecule has 0 aromatic carbocycles. The van der Waals surface area contributed by atoms with Crippen molar-refractivity contribution in [3.63, 3.8) is 0 Å². The lowest BCUT2D eigenvalue weighted by Gasteiger charge is -2.00. The van der Waals surface area contributed by atoms with E-state index in [4.69, 9.17) is 9.47 Å². The summed E-state index contributed by atoms with van der Waals surface area (Å²) in [7, 11) is 0. The van der Waals surface area contributed by atoms with Crippen LogP contribution in [0.3, 0.4) is 0 Å². The highest BCUT2D eigenvalue weighted by Gasteiger charge is 1.90. The van der Waals surface area contributed by atoms with Gasteiger partial charge in [0.1, 0.15) is 13.2 Å². The fourth-order valence-electron chi connectivity index (χ4n) is 2.07. The van der Waals surface area contributed by atoms with Crippen LogP contribution in [0.15, 0.2) is 0 Å². The second-order valence-corrected chi connectivity index (χ2v) is 5.44. The Morgan fingerprint density at radius 1 is 0.500 bits per heavy atom. The smallest absolute Gasteiger partial charge is 0.154 e. The Balaban J connectivity index is 3.06. The molecule has 0 atom stereocenters. The van der Waals surface area contributed by atoms with Gasteiger partial charge in [-0.15, -0.1) is 0 Å². The maximum Gasteiger partial charge on any atom is 0.154 e. The molecule has 0 radical (unpaired) electrons. The topological polar surface area (TPSA) is 18.5 Å². The van der Waals surface area contributed by atoms with Crippen LogP contribution < -0.4 is 0 Å². The fraction of sp³-hybridized carbons (Fsp3) is 0.889. The highest BCUT2D eigenvalue weighted by molar-refractivity contribution is 4.80. The first-order valence-electron chi connectivity index (χ1n) is 8.65. The van der Waals surface area contributed by atoms with Crippen LogP contribution in [0.4, 0.5) is 0 Å². The van der Waals surface area contributed by atoms with E-state index in [1.807, 2.05) is 0 Å². The third-order valence-electron chi connectivity index (χ3n) is 3.39. The van der Waals surface area contributed by atoms with Gasteiger partial charge in [0, 0.05) is 0 Å². The molecule has 0 aromatic heterocycles. The third-order valence-corrected chi connectivity index (χ3v) is 3.39. The molecule has 118 valence electrons. The van der Waals surface area contributed by atoms with E-state index in [2.05, 4.69) is 26.1 Å². The molecule has 0 amide bonds. The Labute approximate surface area is 126 Å². The van der Waals surface area contributed by atoms with E-state index in [9.17, 15) is 0 Å². The number of ether oxygens (including phenoxy) is 2. The Morgan fingerprint density at radius 3 is 1.25 bits per heavy atom. The average Bonchev–Trinajstić information content (AvgIpc) is 2.47. The van der Waals surface area contributed by atoms with E-state index >= 15 is 0 Å². The second kappa shape index (κ2) is 18.2. The van der Waals surface area contributed by atoms with Gasteiger partial charge in [-0.2, -0.15) is 0 Å². The summed E-state index contributed by atoms with van der Waals surface area (Å²) in [5, 5.41) is 0. The highest BCUT2D eigenvalue weighted by Crippen LogP contribution is 2.05. The standard InChI is InChI=1S/C18H34O2/c1-3-5-7-9-11-13-15-19-17-18-20-16-14-12-10-8-6-4-2/h3-16H2,1-2H3. The maximum absolute atomic E-state index is 5.21. The summed E-state index contributed by atoms with van der Waals surface area (Å²) in [6.45, 7) is 5.95. The van der Waals surface area contributed by atoms with Crippen LogP contribution >= 0.6 is 0 Å². The van der Waals surface area contributed by atoms with Crippen LogP contribution in [0, 0.1) is 12.2 Å². The zero-order valence-corrected chi connectivity index (χ0v) is 13.7. The molecule has 0 aliphatic rings. The molecule has 0 fully saturated rings. The number of hydrogen-bond acceptors (Lipinski definition) is 2. The van der Waals surface area contributed by atoms with Crippen molar-refractivity contribution in [3.05, 3.63) is 0 Å². The van der Waals surface area contributed by atoms with E-state index < -0.39 is 0 Å². The van der Waals surface area contributed by atoms with E-state index in [0.29, 0.717) is 0 Å². The van der Waals surface area contributed by atoms with E-state index in [-0.39, 0.29) is 0 Å². The van der Waals surface area contributed by atoms with Crippen molar-refractivity contribution in [2.75, 3.05) is 13.2 Å². The summed E-state index contributed by atoms with van der Waals surface area (Å²) in [6, 6.07) is 0. The van der Waals surface area contributed by atoms with Gasteiger partial charge in [-0.3, -0.25) is 0 Å². The lowest BCUT2D eigenvalue weighted by atomic mass is 10.1. The summed E-state index contributed by atoms with van der Waals surface area (Å²) >= 11 is 0. The van der Waals surface area contributed by atoms with Gasteiger partial charge < -0.3 is 9.47 Å². The van der Waals surface area contributed by atoms with Crippen LogP contribution in [0.1, 0.15) is 90.9 Å². The van der Waals surface area contributed by atoms with Crippen LogP contribution in [-0.2, 0) is 9.47 Å². The monoisotopic (exact) mass is 282 g/mol. The summed E-state index contributed by atoms with van der Waals surface area (Å²) in [6.07, 6.45) is 20.6. The third kappa shape index (κ3) is 17.2. The summed E-state index contributed by atoms with van der Waals surface area (Å²) < 4.78 is 10.4. The zero-order valence-electron chi connectivity index (χ0n) is 13.7. The van der Waals surface area contributed by atoms with Crippen molar-refractivity contribution < 1.29 is 9.47 Å². The summed E-state index contributed by atoms with van der Waals surface area (Å²) in [5.74, 6) is 0. The van der Waals surface area contributed by atoms with Crippen LogP contribution in [0.5, 0.6) is 0 Å². The summed E-state index contributed by atoms with van der Waals surface area (Å²) in [5.41, 5.74) is 0. The molecule has 0 saturated heterocycles. The maximum atomic E-state index is 5.21. The predicted octanol–water partition coefficient (Wildman–Crippen LogP) is 5.66. The first kappa shape index (κ1) is 19.2. The van der Waals surface area contributed by atoms with E-state index in [0.717, 1.165) is 26.1 Å². The van der Waals surface area contributed by atoms with Gasteiger partial charge in [-0.1, -0.05) is 78.1 Å². The molecule has 0 spiro atoms. The van der Waals surface area contributed by atoms with Crippen molar-refractivity contribution >= 4 is 0 Å². The van der Waals surface area contributed by atoms with Gasteiger partial charge in [0.25, 0.3) is 0 Å². The molecule has 0 N–H and O–H groups in total. The van der Waals surface area contributed by atoms with Gasteiger partial charge >= 0.3 is 0 Å².